The van der Waals surface area contributed by atoms with Gasteiger partial charge < -0.3 is 4.90 Å². The van der Waals surface area contributed by atoms with E-state index < -0.39 is 6.55 Å². The molecule has 1 aliphatic carbocycles. The van der Waals surface area contributed by atoms with Crippen LogP contribution >= 0.6 is 0 Å². The summed E-state index contributed by atoms with van der Waals surface area (Å²) in [5, 5.41) is 3.64. The Bertz CT molecular complexity index is 639. The molecule has 7 heteroatoms. The number of fused-ring (bicyclic) bond motifs is 1. The van der Waals surface area contributed by atoms with E-state index in [0.717, 1.165) is 18.9 Å². The van der Waals surface area contributed by atoms with Crippen molar-refractivity contribution in [3.05, 3.63) is 12.4 Å². The van der Waals surface area contributed by atoms with Crippen LogP contribution in [0.25, 0.3) is 11.2 Å². The lowest BCUT2D eigenvalue weighted by molar-refractivity contribution is 0.0608. The number of hydrogen-bond acceptors (Lipinski definition) is 4. The molecule has 106 valence electrons. The van der Waals surface area contributed by atoms with E-state index in [2.05, 4.69) is 20.0 Å². The van der Waals surface area contributed by atoms with Crippen LogP contribution in [0.4, 0.5) is 14.6 Å². The lowest BCUT2D eigenvalue weighted by Crippen LogP contribution is -2.35. The molecule has 0 amide bonds. The molecular formula is C13H15F2N5. The third kappa shape index (κ3) is 1.83. The minimum absolute atomic E-state index is 0.138. The van der Waals surface area contributed by atoms with Crippen LogP contribution in [0.3, 0.4) is 0 Å². The van der Waals surface area contributed by atoms with Crippen LogP contribution in [0, 0.1) is 5.41 Å². The molecule has 2 aromatic heterocycles. The SMILES string of the molecule is FC(F)n1ncc2nc(N3CCC4(CC3)CC4)cnc21. The van der Waals surface area contributed by atoms with Crippen molar-refractivity contribution in [1.29, 1.82) is 0 Å². The first kappa shape index (κ1) is 12.0. The Morgan fingerprint density at radius 3 is 2.50 bits per heavy atom. The Balaban J connectivity index is 1.61. The monoisotopic (exact) mass is 279 g/mol. The van der Waals surface area contributed by atoms with Gasteiger partial charge in [-0.3, -0.25) is 0 Å². The van der Waals surface area contributed by atoms with Gasteiger partial charge in [0.25, 0.3) is 0 Å². The predicted octanol–water partition coefficient (Wildman–Crippen LogP) is 2.60. The van der Waals surface area contributed by atoms with Crippen molar-refractivity contribution in [1.82, 2.24) is 19.7 Å². The summed E-state index contributed by atoms with van der Waals surface area (Å²) < 4.78 is 26.0. The number of hydrogen-bond donors (Lipinski definition) is 0. The summed E-state index contributed by atoms with van der Waals surface area (Å²) in [7, 11) is 0. The van der Waals surface area contributed by atoms with Crippen LogP contribution in [-0.2, 0) is 0 Å². The molecule has 2 aliphatic rings. The van der Waals surface area contributed by atoms with Crippen molar-refractivity contribution < 1.29 is 8.78 Å². The van der Waals surface area contributed by atoms with Crippen LogP contribution < -0.4 is 4.90 Å². The smallest absolute Gasteiger partial charge is 0.335 e. The fourth-order valence-electron chi connectivity index (χ4n) is 3.00. The first-order valence-electron chi connectivity index (χ1n) is 6.90. The third-order valence-corrected chi connectivity index (χ3v) is 4.58. The van der Waals surface area contributed by atoms with Crippen LogP contribution in [-0.4, -0.2) is 32.8 Å². The number of aromatic nitrogens is 4. The zero-order chi connectivity index (χ0) is 13.7. The zero-order valence-corrected chi connectivity index (χ0v) is 11.0. The Kier molecular flexibility index (Phi) is 2.46. The van der Waals surface area contributed by atoms with Gasteiger partial charge in [0.05, 0.1) is 12.4 Å². The molecule has 1 spiro atoms. The summed E-state index contributed by atoms with van der Waals surface area (Å²) >= 11 is 0. The maximum absolute atomic E-state index is 12.7. The fraction of sp³-hybridized carbons (Fsp3) is 0.615. The Morgan fingerprint density at radius 2 is 1.85 bits per heavy atom. The van der Waals surface area contributed by atoms with Crippen molar-refractivity contribution in [3.63, 3.8) is 0 Å². The standard InChI is InChI=1S/C13H15F2N5/c14-12(15)20-11-9(7-17-20)18-10(8-16-11)19-5-3-13(1-2-13)4-6-19/h7-8,12H,1-6H2. The lowest BCUT2D eigenvalue weighted by Gasteiger charge is -2.32. The van der Waals surface area contributed by atoms with Crippen molar-refractivity contribution in [3.8, 4) is 0 Å². The molecule has 2 aromatic rings. The van der Waals surface area contributed by atoms with Crippen LogP contribution in [0.5, 0.6) is 0 Å². The second kappa shape index (κ2) is 4.10. The quantitative estimate of drug-likeness (QED) is 0.847. The summed E-state index contributed by atoms with van der Waals surface area (Å²) in [4.78, 5) is 10.7. The largest absolute Gasteiger partial charge is 0.355 e. The normalized spacial score (nSPS) is 21.1. The Morgan fingerprint density at radius 1 is 1.10 bits per heavy atom. The topological polar surface area (TPSA) is 46.8 Å². The Labute approximate surface area is 114 Å². The van der Waals surface area contributed by atoms with E-state index in [1.165, 1.54) is 31.9 Å². The van der Waals surface area contributed by atoms with Crippen molar-refractivity contribution in [2.24, 2.45) is 5.41 Å². The van der Waals surface area contributed by atoms with Crippen LogP contribution in [0.15, 0.2) is 12.4 Å². The molecule has 0 aromatic carbocycles. The molecule has 0 N–H and O–H groups in total. The van der Waals surface area contributed by atoms with Crippen molar-refractivity contribution >= 4 is 17.0 Å². The maximum atomic E-state index is 12.7. The van der Waals surface area contributed by atoms with E-state index >= 15 is 0 Å². The third-order valence-electron chi connectivity index (χ3n) is 4.58. The van der Waals surface area contributed by atoms with Crippen molar-refractivity contribution in [2.75, 3.05) is 18.0 Å². The van der Waals surface area contributed by atoms with Gasteiger partial charge in [0, 0.05) is 13.1 Å². The van der Waals surface area contributed by atoms with Gasteiger partial charge in [-0.2, -0.15) is 18.6 Å². The highest BCUT2D eigenvalue weighted by Gasteiger charge is 2.44. The molecule has 0 atom stereocenters. The molecule has 0 radical (unpaired) electrons. The van der Waals surface area contributed by atoms with Gasteiger partial charge in [0.1, 0.15) is 11.3 Å². The van der Waals surface area contributed by atoms with Crippen LogP contribution in [0.2, 0.25) is 0 Å². The highest BCUT2D eigenvalue weighted by Crippen LogP contribution is 2.53. The Hall–Kier alpha value is -1.79. The lowest BCUT2D eigenvalue weighted by atomic mass is 9.94. The molecular weight excluding hydrogens is 264 g/mol. The zero-order valence-electron chi connectivity index (χ0n) is 11.0. The molecule has 1 aliphatic heterocycles. The highest BCUT2D eigenvalue weighted by molar-refractivity contribution is 5.71. The number of anilines is 1. The predicted molar refractivity (Wildman–Crippen MR) is 69.7 cm³/mol. The second-order valence-electron chi connectivity index (χ2n) is 5.79. The second-order valence-corrected chi connectivity index (χ2v) is 5.79. The maximum Gasteiger partial charge on any atom is 0.335 e. The number of piperidine rings is 1. The van der Waals surface area contributed by atoms with Gasteiger partial charge in [0.15, 0.2) is 5.65 Å². The first-order valence-corrected chi connectivity index (χ1v) is 6.90. The van der Waals surface area contributed by atoms with Gasteiger partial charge >= 0.3 is 6.55 Å². The molecule has 3 heterocycles. The van der Waals surface area contributed by atoms with E-state index in [1.54, 1.807) is 6.20 Å². The summed E-state index contributed by atoms with van der Waals surface area (Å²) in [6.45, 7) is -0.732. The molecule has 4 rings (SSSR count). The van der Waals surface area contributed by atoms with E-state index in [1.807, 2.05) is 0 Å². The number of rotatable bonds is 2. The molecule has 0 unspecified atom stereocenters. The van der Waals surface area contributed by atoms with E-state index in [9.17, 15) is 8.78 Å². The number of halogens is 2. The van der Waals surface area contributed by atoms with Gasteiger partial charge in [-0.1, -0.05) is 0 Å². The van der Waals surface area contributed by atoms with Crippen molar-refractivity contribution in [2.45, 2.75) is 32.2 Å². The van der Waals surface area contributed by atoms with E-state index in [4.69, 9.17) is 0 Å². The van der Waals surface area contributed by atoms with Crippen LogP contribution in [0.1, 0.15) is 32.2 Å². The average Bonchev–Trinajstić information content (AvgIpc) is 3.06. The van der Waals surface area contributed by atoms with Gasteiger partial charge in [0.2, 0.25) is 0 Å². The summed E-state index contributed by atoms with van der Waals surface area (Å²) in [5.74, 6) is 0.766. The average molecular weight is 279 g/mol. The summed E-state index contributed by atoms with van der Waals surface area (Å²) in [6, 6.07) is 0. The molecule has 0 bridgehead atoms. The highest BCUT2D eigenvalue weighted by atomic mass is 19.3. The summed E-state index contributed by atoms with van der Waals surface area (Å²) in [6.07, 6.45) is 8.03. The number of nitrogens with zero attached hydrogens (tertiary/aromatic N) is 5. The van der Waals surface area contributed by atoms with Gasteiger partial charge in [-0.15, -0.1) is 0 Å². The number of alkyl halides is 2. The van der Waals surface area contributed by atoms with Gasteiger partial charge in [-0.05, 0) is 31.1 Å². The molecule has 2 fully saturated rings. The molecule has 1 saturated heterocycles. The first-order chi connectivity index (χ1) is 9.67. The minimum Gasteiger partial charge on any atom is -0.355 e. The van der Waals surface area contributed by atoms with E-state index in [-0.39, 0.29) is 5.65 Å². The molecule has 5 nitrogen and oxygen atoms in total. The summed E-state index contributed by atoms with van der Waals surface area (Å²) in [5.41, 5.74) is 1.17. The van der Waals surface area contributed by atoms with Gasteiger partial charge in [-0.25, -0.2) is 9.97 Å². The molecule has 20 heavy (non-hydrogen) atoms. The van der Waals surface area contributed by atoms with E-state index in [0.29, 0.717) is 15.6 Å². The minimum atomic E-state index is -2.68. The molecule has 1 saturated carbocycles. The fourth-order valence-corrected chi connectivity index (χ4v) is 3.00.